The number of nitro benzene ring substituents is 1. The van der Waals surface area contributed by atoms with Gasteiger partial charge in [-0.3, -0.25) is 10.1 Å². The quantitative estimate of drug-likeness (QED) is 0.225. The third kappa shape index (κ3) is 3.56. The van der Waals surface area contributed by atoms with Crippen LogP contribution in [0, 0.1) is 10.1 Å². The van der Waals surface area contributed by atoms with Gasteiger partial charge in [0.15, 0.2) is 6.23 Å². The Balaban J connectivity index is 1.55. The van der Waals surface area contributed by atoms with E-state index in [2.05, 4.69) is 41.7 Å². The molecule has 0 unspecified atom stereocenters. The first kappa shape index (κ1) is 21.8. The van der Waals surface area contributed by atoms with Crippen molar-refractivity contribution in [3.05, 3.63) is 160 Å². The van der Waals surface area contributed by atoms with Gasteiger partial charge in [-0.25, -0.2) is 0 Å². The predicted molar refractivity (Wildman–Crippen MR) is 139 cm³/mol. The van der Waals surface area contributed by atoms with Crippen LogP contribution in [0.3, 0.4) is 0 Å². The predicted octanol–water partition coefficient (Wildman–Crippen LogP) is 6.82. The maximum atomic E-state index is 11.4. The Bertz CT molecular complexity index is 1490. The molecule has 6 nitrogen and oxygen atoms in total. The molecular weight excluding hydrogens is 450 g/mol. The fourth-order valence-corrected chi connectivity index (χ4v) is 5.02. The molecule has 6 heteroatoms. The minimum atomic E-state index is -0.868. The van der Waals surface area contributed by atoms with E-state index in [0.717, 1.165) is 28.1 Å². The average molecular weight is 474 g/mol. The summed E-state index contributed by atoms with van der Waals surface area (Å²) >= 11 is 0. The molecule has 0 aliphatic carbocycles. The summed E-state index contributed by atoms with van der Waals surface area (Å²) in [6.45, 7) is 0. The summed E-state index contributed by atoms with van der Waals surface area (Å²) in [5, 5.41) is 15.0. The van der Waals surface area contributed by atoms with Gasteiger partial charge in [-0.2, -0.15) is 0 Å². The molecule has 5 aromatic rings. The van der Waals surface area contributed by atoms with Crippen molar-refractivity contribution in [2.75, 3.05) is 5.32 Å². The molecule has 2 heterocycles. The molecule has 1 atom stereocenters. The van der Waals surface area contributed by atoms with Gasteiger partial charge in [0.2, 0.25) is 0 Å². The molecule has 0 spiro atoms. The average Bonchev–Trinajstić information content (AvgIpc) is 3.44. The second-order valence-electron chi connectivity index (χ2n) is 8.68. The van der Waals surface area contributed by atoms with Crippen LogP contribution in [0.1, 0.15) is 28.6 Å². The molecule has 176 valence electrons. The van der Waals surface area contributed by atoms with Crippen molar-refractivity contribution in [1.82, 2.24) is 4.57 Å². The summed E-state index contributed by atoms with van der Waals surface area (Å²) in [6.07, 6.45) is 1.36. The number of ether oxygens (including phenoxy) is 1. The molecule has 0 saturated carbocycles. The molecule has 1 aromatic heterocycles. The van der Waals surface area contributed by atoms with E-state index in [9.17, 15) is 10.1 Å². The highest BCUT2D eigenvalue weighted by atomic mass is 16.6. The summed E-state index contributed by atoms with van der Waals surface area (Å²) in [5.74, 6) is 0. The zero-order valence-corrected chi connectivity index (χ0v) is 19.3. The number of fused-ring (bicyclic) bond motifs is 1. The van der Waals surface area contributed by atoms with Crippen molar-refractivity contribution < 1.29 is 9.66 Å². The van der Waals surface area contributed by atoms with Crippen LogP contribution in [0.15, 0.2) is 128 Å². The van der Waals surface area contributed by atoms with Crippen LogP contribution in [0.2, 0.25) is 0 Å². The highest BCUT2D eigenvalue weighted by molar-refractivity contribution is 5.63. The number of nitrogens with zero attached hydrogens (tertiary/aromatic N) is 2. The van der Waals surface area contributed by atoms with E-state index in [-0.39, 0.29) is 10.6 Å². The van der Waals surface area contributed by atoms with Crippen molar-refractivity contribution >= 4 is 11.4 Å². The first-order chi connectivity index (χ1) is 17.7. The molecule has 4 aromatic carbocycles. The van der Waals surface area contributed by atoms with E-state index in [1.54, 1.807) is 12.1 Å². The topological polar surface area (TPSA) is 69.3 Å². The van der Waals surface area contributed by atoms with E-state index >= 15 is 0 Å². The van der Waals surface area contributed by atoms with Gasteiger partial charge >= 0.3 is 0 Å². The number of anilines is 1. The number of rotatable bonds is 5. The minimum absolute atomic E-state index is 0.0398. The zero-order chi connectivity index (χ0) is 24.5. The normalized spacial score (nSPS) is 16.1. The second-order valence-corrected chi connectivity index (χ2v) is 8.68. The highest BCUT2D eigenvalue weighted by Gasteiger charge is 2.45. The Morgan fingerprint density at radius 3 is 2.14 bits per heavy atom. The Kier molecular flexibility index (Phi) is 5.36. The van der Waals surface area contributed by atoms with Gasteiger partial charge in [0, 0.05) is 29.6 Å². The lowest BCUT2D eigenvalue weighted by Crippen LogP contribution is -2.41. The minimum Gasteiger partial charge on any atom is -0.355 e. The summed E-state index contributed by atoms with van der Waals surface area (Å²) < 4.78 is 9.02. The van der Waals surface area contributed by atoms with Gasteiger partial charge in [-0.1, -0.05) is 84.9 Å². The summed E-state index contributed by atoms with van der Waals surface area (Å²) in [6, 6.07) is 39.2. The monoisotopic (exact) mass is 473 g/mol. The summed E-state index contributed by atoms with van der Waals surface area (Å²) in [7, 11) is 0. The van der Waals surface area contributed by atoms with Gasteiger partial charge in [-0.05, 0) is 35.4 Å². The molecule has 0 saturated heterocycles. The smallest absolute Gasteiger partial charge is 0.271 e. The van der Waals surface area contributed by atoms with Crippen molar-refractivity contribution in [3.63, 3.8) is 0 Å². The number of hydrogen-bond donors (Lipinski definition) is 1. The molecule has 0 radical (unpaired) electrons. The number of nitro groups is 1. The Morgan fingerprint density at radius 1 is 0.778 bits per heavy atom. The van der Waals surface area contributed by atoms with Crippen molar-refractivity contribution in [2.24, 2.45) is 0 Å². The maximum absolute atomic E-state index is 11.4. The lowest BCUT2D eigenvalue weighted by atomic mass is 9.78. The fourth-order valence-electron chi connectivity index (χ4n) is 5.02. The molecule has 0 amide bonds. The van der Waals surface area contributed by atoms with Gasteiger partial charge in [0.25, 0.3) is 5.69 Å². The number of hydrogen-bond acceptors (Lipinski definition) is 4. The lowest BCUT2D eigenvalue weighted by Gasteiger charge is -2.44. The van der Waals surface area contributed by atoms with Gasteiger partial charge in [0.05, 0.1) is 16.3 Å². The summed E-state index contributed by atoms with van der Waals surface area (Å²) in [5.41, 5.74) is 4.72. The zero-order valence-electron chi connectivity index (χ0n) is 19.3. The Hall–Kier alpha value is -4.68. The Morgan fingerprint density at radius 2 is 1.44 bits per heavy atom. The molecule has 36 heavy (non-hydrogen) atoms. The van der Waals surface area contributed by atoms with Crippen LogP contribution in [0.4, 0.5) is 11.4 Å². The van der Waals surface area contributed by atoms with Crippen LogP contribution in [-0.4, -0.2) is 9.49 Å². The van der Waals surface area contributed by atoms with Crippen LogP contribution in [0.25, 0.3) is 5.69 Å². The third-order valence-corrected chi connectivity index (χ3v) is 6.62. The lowest BCUT2D eigenvalue weighted by molar-refractivity contribution is -0.384. The van der Waals surface area contributed by atoms with Crippen LogP contribution < -0.4 is 5.32 Å². The fraction of sp³-hybridized carbons (Fsp3) is 0.0667. The van der Waals surface area contributed by atoms with E-state index < -0.39 is 11.8 Å². The molecular formula is C30H23N3O3. The van der Waals surface area contributed by atoms with Gasteiger partial charge in [-0.15, -0.1) is 0 Å². The molecule has 0 bridgehead atoms. The van der Waals surface area contributed by atoms with Crippen molar-refractivity contribution in [1.29, 1.82) is 0 Å². The molecule has 6 rings (SSSR count). The first-order valence-corrected chi connectivity index (χ1v) is 11.7. The molecule has 1 aliphatic rings. The van der Waals surface area contributed by atoms with E-state index in [4.69, 9.17) is 4.74 Å². The van der Waals surface area contributed by atoms with Crippen LogP contribution >= 0.6 is 0 Å². The van der Waals surface area contributed by atoms with Crippen molar-refractivity contribution in [2.45, 2.75) is 11.8 Å². The first-order valence-electron chi connectivity index (χ1n) is 11.7. The highest BCUT2D eigenvalue weighted by Crippen LogP contribution is 2.50. The second kappa shape index (κ2) is 8.83. The number of aromatic nitrogens is 1. The Labute approximate surface area is 208 Å². The van der Waals surface area contributed by atoms with Crippen molar-refractivity contribution in [3.8, 4) is 5.69 Å². The number of non-ortho nitro benzene ring substituents is 1. The van der Waals surface area contributed by atoms with E-state index in [0.29, 0.717) is 5.69 Å². The summed E-state index contributed by atoms with van der Waals surface area (Å²) in [4.78, 5) is 11.0. The number of nitrogens with one attached hydrogen (secondary N) is 1. The van der Waals surface area contributed by atoms with Gasteiger partial charge < -0.3 is 14.6 Å². The third-order valence-electron chi connectivity index (χ3n) is 6.62. The maximum Gasteiger partial charge on any atom is 0.271 e. The number of benzene rings is 4. The largest absolute Gasteiger partial charge is 0.355 e. The van der Waals surface area contributed by atoms with Gasteiger partial charge in [0.1, 0.15) is 5.60 Å². The standard InChI is InChI=1S/C30H23N3O3/c34-33(35)25-16-9-15-24(21-25)32-20-10-19-28(32)29-31-27-18-8-7-17-26(27)30(36-29,22-11-3-1-4-12-22)23-13-5-2-6-14-23/h1-21,29,31H/t29-/m1/s1. The van der Waals surface area contributed by atoms with Crippen LogP contribution in [-0.2, 0) is 10.3 Å². The SMILES string of the molecule is O=[N+]([O-])c1cccc(-n2cccc2[C@@H]2Nc3ccccc3C(c3ccccc3)(c3ccccc3)O2)c1. The van der Waals surface area contributed by atoms with E-state index in [1.807, 2.05) is 77.5 Å². The van der Waals surface area contributed by atoms with E-state index in [1.165, 1.54) is 6.07 Å². The molecule has 1 aliphatic heterocycles. The molecule has 1 N–H and O–H groups in total. The van der Waals surface area contributed by atoms with Crippen LogP contribution in [0.5, 0.6) is 0 Å². The number of para-hydroxylation sites is 1. The molecule has 0 fully saturated rings.